The van der Waals surface area contributed by atoms with Crippen molar-refractivity contribution in [3.05, 3.63) is 23.0 Å². The fraction of sp³-hybridized carbons (Fsp3) is 0.588. The molecule has 1 saturated heterocycles. The molecule has 2 aliphatic rings. The summed E-state index contributed by atoms with van der Waals surface area (Å²) >= 11 is 0. The van der Waals surface area contributed by atoms with Crippen LogP contribution in [0, 0.1) is 5.92 Å². The standard InChI is InChI=1S/C17H24N4O3/c1-11(22)20-6-3-4-13(9-20)17(24)21-7-5-12-8-14(16(18)23)19(2)15(12)10-21/h8,13H,3-7,9-10H2,1-2H3,(H2,18,23)/t13-/m1/s1. The maximum Gasteiger partial charge on any atom is 0.265 e. The monoisotopic (exact) mass is 332 g/mol. The third-order valence-electron chi connectivity index (χ3n) is 5.22. The summed E-state index contributed by atoms with van der Waals surface area (Å²) in [5, 5.41) is 0. The number of carbonyl (C=O) groups is 3. The van der Waals surface area contributed by atoms with Crippen LogP contribution in [0.1, 0.15) is 41.5 Å². The quantitative estimate of drug-likeness (QED) is 0.843. The Kier molecular flexibility index (Phi) is 4.34. The summed E-state index contributed by atoms with van der Waals surface area (Å²) in [7, 11) is 1.81. The highest BCUT2D eigenvalue weighted by Crippen LogP contribution is 2.26. The van der Waals surface area contributed by atoms with Gasteiger partial charge in [0.05, 0.1) is 12.5 Å². The molecule has 1 atom stereocenters. The van der Waals surface area contributed by atoms with Crippen LogP contribution < -0.4 is 5.73 Å². The molecule has 0 spiro atoms. The summed E-state index contributed by atoms with van der Waals surface area (Å²) in [4.78, 5) is 39.5. The van der Waals surface area contributed by atoms with E-state index in [1.807, 2.05) is 18.0 Å². The number of carbonyl (C=O) groups excluding carboxylic acids is 3. The SMILES string of the molecule is CC(=O)N1CCC[C@@H](C(=O)N2CCc3cc(C(N)=O)n(C)c3C2)C1. The van der Waals surface area contributed by atoms with E-state index < -0.39 is 5.91 Å². The van der Waals surface area contributed by atoms with Gasteiger partial charge >= 0.3 is 0 Å². The number of aromatic nitrogens is 1. The molecule has 0 bridgehead atoms. The van der Waals surface area contributed by atoms with Crippen molar-refractivity contribution in [1.29, 1.82) is 0 Å². The van der Waals surface area contributed by atoms with Gasteiger partial charge in [-0.05, 0) is 30.9 Å². The molecule has 7 heteroatoms. The van der Waals surface area contributed by atoms with Gasteiger partial charge in [0.2, 0.25) is 11.8 Å². The van der Waals surface area contributed by atoms with E-state index in [1.165, 1.54) is 0 Å². The third kappa shape index (κ3) is 2.90. The Labute approximate surface area is 141 Å². The van der Waals surface area contributed by atoms with Crippen molar-refractivity contribution < 1.29 is 14.4 Å². The summed E-state index contributed by atoms with van der Waals surface area (Å²) < 4.78 is 1.79. The number of amides is 3. The van der Waals surface area contributed by atoms with Crippen LogP contribution in [0.2, 0.25) is 0 Å². The smallest absolute Gasteiger partial charge is 0.265 e. The van der Waals surface area contributed by atoms with E-state index in [-0.39, 0.29) is 17.7 Å². The molecule has 0 saturated carbocycles. The highest BCUT2D eigenvalue weighted by Gasteiger charge is 2.33. The predicted octanol–water partition coefficient (Wildman–Crippen LogP) is 0.267. The molecule has 2 aliphatic heterocycles. The Morgan fingerprint density at radius 3 is 2.62 bits per heavy atom. The molecule has 0 unspecified atom stereocenters. The van der Waals surface area contributed by atoms with Crippen LogP contribution in [0.15, 0.2) is 6.07 Å². The lowest BCUT2D eigenvalue weighted by Gasteiger charge is -2.36. The predicted molar refractivity (Wildman–Crippen MR) is 88.0 cm³/mol. The van der Waals surface area contributed by atoms with Crippen molar-refractivity contribution in [2.45, 2.75) is 32.7 Å². The van der Waals surface area contributed by atoms with Gasteiger partial charge in [-0.1, -0.05) is 0 Å². The Balaban J connectivity index is 1.74. The highest BCUT2D eigenvalue weighted by atomic mass is 16.2. The maximum absolute atomic E-state index is 12.9. The van der Waals surface area contributed by atoms with Gasteiger partial charge in [-0.3, -0.25) is 14.4 Å². The molecule has 3 amide bonds. The minimum Gasteiger partial charge on any atom is -0.364 e. The lowest BCUT2D eigenvalue weighted by molar-refractivity contribution is -0.141. The zero-order valence-corrected chi connectivity index (χ0v) is 14.2. The fourth-order valence-electron chi connectivity index (χ4n) is 3.79. The van der Waals surface area contributed by atoms with Crippen LogP contribution in [0.3, 0.4) is 0 Å². The Bertz CT molecular complexity index is 694. The van der Waals surface area contributed by atoms with E-state index in [0.29, 0.717) is 25.3 Å². The lowest BCUT2D eigenvalue weighted by atomic mass is 9.95. The summed E-state index contributed by atoms with van der Waals surface area (Å²) in [6.45, 7) is 3.94. The van der Waals surface area contributed by atoms with E-state index in [4.69, 9.17) is 5.73 Å². The first-order valence-corrected chi connectivity index (χ1v) is 8.40. The van der Waals surface area contributed by atoms with Crippen molar-refractivity contribution in [3.8, 4) is 0 Å². The average molecular weight is 332 g/mol. The topological polar surface area (TPSA) is 88.6 Å². The van der Waals surface area contributed by atoms with Crippen molar-refractivity contribution >= 4 is 17.7 Å². The van der Waals surface area contributed by atoms with Gasteiger partial charge in [0.15, 0.2) is 0 Å². The van der Waals surface area contributed by atoms with Crippen molar-refractivity contribution in [1.82, 2.24) is 14.4 Å². The number of nitrogens with zero attached hydrogens (tertiary/aromatic N) is 3. The van der Waals surface area contributed by atoms with E-state index in [9.17, 15) is 14.4 Å². The molecular weight excluding hydrogens is 308 g/mol. The number of nitrogens with two attached hydrogens (primary N) is 1. The molecule has 3 rings (SSSR count). The van der Waals surface area contributed by atoms with E-state index >= 15 is 0 Å². The van der Waals surface area contributed by atoms with Gasteiger partial charge in [0, 0.05) is 39.3 Å². The first-order chi connectivity index (χ1) is 11.4. The summed E-state index contributed by atoms with van der Waals surface area (Å²) in [6.07, 6.45) is 2.42. The number of hydrogen-bond donors (Lipinski definition) is 1. The normalized spacial score (nSPS) is 20.7. The fourth-order valence-corrected chi connectivity index (χ4v) is 3.79. The number of fused-ring (bicyclic) bond motifs is 1. The van der Waals surface area contributed by atoms with Crippen LogP contribution in [0.5, 0.6) is 0 Å². The highest BCUT2D eigenvalue weighted by molar-refractivity contribution is 5.92. The van der Waals surface area contributed by atoms with Crippen molar-refractivity contribution in [2.24, 2.45) is 18.7 Å². The third-order valence-corrected chi connectivity index (χ3v) is 5.22. The van der Waals surface area contributed by atoms with Crippen LogP contribution in [0.25, 0.3) is 0 Å². The maximum atomic E-state index is 12.9. The van der Waals surface area contributed by atoms with E-state index in [1.54, 1.807) is 16.4 Å². The molecule has 0 aromatic carbocycles. The lowest BCUT2D eigenvalue weighted by Crippen LogP contribution is -2.47. The van der Waals surface area contributed by atoms with Gasteiger partial charge in [0.1, 0.15) is 5.69 Å². The van der Waals surface area contributed by atoms with Crippen LogP contribution in [-0.4, -0.2) is 51.7 Å². The second-order valence-electron chi connectivity index (χ2n) is 6.74. The largest absolute Gasteiger partial charge is 0.364 e. The molecule has 130 valence electrons. The van der Waals surface area contributed by atoms with Crippen molar-refractivity contribution in [3.63, 3.8) is 0 Å². The summed E-state index contributed by atoms with van der Waals surface area (Å²) in [6, 6.07) is 1.83. The molecular formula is C17H24N4O3. The summed E-state index contributed by atoms with van der Waals surface area (Å²) in [5.74, 6) is -0.440. The second kappa shape index (κ2) is 6.30. The second-order valence-corrected chi connectivity index (χ2v) is 6.74. The average Bonchev–Trinajstić information content (AvgIpc) is 2.91. The molecule has 3 heterocycles. The Hall–Kier alpha value is -2.31. The van der Waals surface area contributed by atoms with Crippen LogP contribution in [-0.2, 0) is 29.6 Å². The molecule has 1 fully saturated rings. The Morgan fingerprint density at radius 1 is 1.21 bits per heavy atom. The van der Waals surface area contributed by atoms with E-state index in [0.717, 1.165) is 37.1 Å². The minimum atomic E-state index is -0.450. The Morgan fingerprint density at radius 2 is 1.96 bits per heavy atom. The van der Waals surface area contributed by atoms with Crippen LogP contribution in [0.4, 0.5) is 0 Å². The van der Waals surface area contributed by atoms with Gasteiger partial charge in [-0.2, -0.15) is 0 Å². The molecule has 1 aromatic heterocycles. The summed E-state index contributed by atoms with van der Waals surface area (Å²) in [5.41, 5.74) is 7.95. The minimum absolute atomic E-state index is 0.0296. The van der Waals surface area contributed by atoms with Crippen LogP contribution >= 0.6 is 0 Å². The number of hydrogen-bond acceptors (Lipinski definition) is 3. The first-order valence-electron chi connectivity index (χ1n) is 8.40. The first kappa shape index (κ1) is 16.5. The number of primary amides is 1. The van der Waals surface area contributed by atoms with Gasteiger partial charge < -0.3 is 20.1 Å². The molecule has 1 aromatic rings. The zero-order valence-electron chi connectivity index (χ0n) is 14.2. The molecule has 0 aliphatic carbocycles. The van der Waals surface area contributed by atoms with Gasteiger partial charge in [0.25, 0.3) is 5.91 Å². The van der Waals surface area contributed by atoms with Crippen molar-refractivity contribution in [2.75, 3.05) is 19.6 Å². The molecule has 7 nitrogen and oxygen atoms in total. The molecule has 2 N–H and O–H groups in total. The number of piperidine rings is 1. The zero-order chi connectivity index (χ0) is 17.4. The molecule has 24 heavy (non-hydrogen) atoms. The van der Waals surface area contributed by atoms with Gasteiger partial charge in [-0.25, -0.2) is 0 Å². The van der Waals surface area contributed by atoms with E-state index in [2.05, 4.69) is 0 Å². The number of likely N-dealkylation sites (tertiary alicyclic amines) is 1. The molecule has 0 radical (unpaired) electrons. The number of rotatable bonds is 2. The van der Waals surface area contributed by atoms with Gasteiger partial charge in [-0.15, -0.1) is 0 Å².